The van der Waals surface area contributed by atoms with E-state index in [1.54, 1.807) is 12.3 Å². The summed E-state index contributed by atoms with van der Waals surface area (Å²) in [5, 5.41) is 8.29. The van der Waals surface area contributed by atoms with Crippen LogP contribution in [0.5, 0.6) is 0 Å². The van der Waals surface area contributed by atoms with E-state index in [4.69, 9.17) is 4.52 Å². The predicted molar refractivity (Wildman–Crippen MR) is 102 cm³/mol. The maximum Gasteiger partial charge on any atom is 0.269 e. The minimum Gasteiger partial charge on any atom is -0.373 e. The van der Waals surface area contributed by atoms with Gasteiger partial charge in [-0.2, -0.15) is 5.10 Å². The van der Waals surface area contributed by atoms with Crippen molar-refractivity contribution >= 4 is 5.69 Å². The quantitative estimate of drug-likeness (QED) is 0.654. The Morgan fingerprint density at radius 3 is 2.62 bits per heavy atom. The SMILES string of the molecule is CC(C)c1cc(Cn2ncc(N(C)CCc3ccccc3)cc2=O)on1. The van der Waals surface area contributed by atoms with Gasteiger partial charge in [0.1, 0.15) is 6.54 Å². The summed E-state index contributed by atoms with van der Waals surface area (Å²) in [4.78, 5) is 14.4. The lowest BCUT2D eigenvalue weighted by atomic mass is 10.1. The van der Waals surface area contributed by atoms with Gasteiger partial charge in [0.2, 0.25) is 0 Å². The first-order valence-electron chi connectivity index (χ1n) is 8.80. The smallest absolute Gasteiger partial charge is 0.269 e. The molecule has 2 heterocycles. The molecule has 6 nitrogen and oxygen atoms in total. The summed E-state index contributed by atoms with van der Waals surface area (Å²) in [5.74, 6) is 0.923. The van der Waals surface area contributed by atoms with Crippen molar-refractivity contribution in [3.63, 3.8) is 0 Å². The van der Waals surface area contributed by atoms with Gasteiger partial charge in [-0.25, -0.2) is 4.68 Å². The second-order valence-corrected chi connectivity index (χ2v) is 6.74. The molecule has 0 bridgehead atoms. The van der Waals surface area contributed by atoms with E-state index in [9.17, 15) is 4.79 Å². The largest absolute Gasteiger partial charge is 0.373 e. The van der Waals surface area contributed by atoms with Crippen LogP contribution in [0.2, 0.25) is 0 Å². The first-order chi connectivity index (χ1) is 12.5. The zero-order chi connectivity index (χ0) is 18.5. The van der Waals surface area contributed by atoms with Crippen LogP contribution >= 0.6 is 0 Å². The van der Waals surface area contributed by atoms with Gasteiger partial charge in [-0.05, 0) is 17.9 Å². The molecule has 1 aromatic carbocycles. The summed E-state index contributed by atoms with van der Waals surface area (Å²) >= 11 is 0. The van der Waals surface area contributed by atoms with Crippen LogP contribution in [0.15, 0.2) is 58.0 Å². The van der Waals surface area contributed by atoms with Crippen molar-refractivity contribution in [1.82, 2.24) is 14.9 Å². The number of likely N-dealkylation sites (N-methyl/N-ethyl adjacent to an activating group) is 1. The number of benzene rings is 1. The van der Waals surface area contributed by atoms with E-state index in [1.165, 1.54) is 10.2 Å². The predicted octanol–water partition coefficient (Wildman–Crippen LogP) is 3.08. The van der Waals surface area contributed by atoms with Crippen LogP contribution in [0.1, 0.15) is 36.8 Å². The van der Waals surface area contributed by atoms with E-state index in [1.807, 2.05) is 50.1 Å². The Balaban J connectivity index is 1.65. The van der Waals surface area contributed by atoms with Crippen molar-refractivity contribution in [2.45, 2.75) is 32.7 Å². The van der Waals surface area contributed by atoms with Gasteiger partial charge in [-0.1, -0.05) is 49.3 Å². The number of nitrogens with zero attached hydrogens (tertiary/aromatic N) is 4. The zero-order valence-corrected chi connectivity index (χ0v) is 15.4. The van der Waals surface area contributed by atoms with Crippen LogP contribution in [-0.4, -0.2) is 28.5 Å². The van der Waals surface area contributed by atoms with Crippen molar-refractivity contribution in [1.29, 1.82) is 0 Å². The van der Waals surface area contributed by atoms with Gasteiger partial charge in [0.15, 0.2) is 5.76 Å². The Labute approximate surface area is 153 Å². The Kier molecular flexibility index (Phi) is 5.51. The molecule has 0 amide bonds. The van der Waals surface area contributed by atoms with Crippen LogP contribution in [0.3, 0.4) is 0 Å². The van der Waals surface area contributed by atoms with E-state index in [2.05, 4.69) is 22.4 Å². The summed E-state index contributed by atoms with van der Waals surface area (Å²) in [7, 11) is 1.97. The third kappa shape index (κ3) is 4.39. The highest BCUT2D eigenvalue weighted by molar-refractivity contribution is 5.42. The third-order valence-electron chi connectivity index (χ3n) is 4.35. The second kappa shape index (κ2) is 7.99. The lowest BCUT2D eigenvalue weighted by Crippen LogP contribution is -2.27. The van der Waals surface area contributed by atoms with E-state index < -0.39 is 0 Å². The van der Waals surface area contributed by atoms with E-state index >= 15 is 0 Å². The van der Waals surface area contributed by atoms with Crippen LogP contribution < -0.4 is 10.5 Å². The molecule has 136 valence electrons. The maximum atomic E-state index is 12.4. The number of hydrogen-bond donors (Lipinski definition) is 0. The number of hydrogen-bond acceptors (Lipinski definition) is 5. The minimum absolute atomic E-state index is 0.156. The Morgan fingerprint density at radius 1 is 1.19 bits per heavy atom. The van der Waals surface area contributed by atoms with Gasteiger partial charge in [-0.15, -0.1) is 0 Å². The summed E-state index contributed by atoms with van der Waals surface area (Å²) in [6.07, 6.45) is 2.63. The van der Waals surface area contributed by atoms with E-state index in [0.29, 0.717) is 5.76 Å². The van der Waals surface area contributed by atoms with Gasteiger partial charge >= 0.3 is 0 Å². The van der Waals surface area contributed by atoms with Crippen LogP contribution in [-0.2, 0) is 13.0 Å². The molecule has 0 spiro atoms. The monoisotopic (exact) mass is 352 g/mol. The highest BCUT2D eigenvalue weighted by Crippen LogP contribution is 2.14. The molecule has 2 aromatic heterocycles. The van der Waals surface area contributed by atoms with Gasteiger partial charge in [0.05, 0.1) is 17.6 Å². The molecule has 0 aliphatic rings. The fourth-order valence-electron chi connectivity index (χ4n) is 2.65. The first kappa shape index (κ1) is 17.9. The molecule has 0 N–H and O–H groups in total. The minimum atomic E-state index is -0.156. The Hall–Kier alpha value is -2.89. The first-order valence-corrected chi connectivity index (χ1v) is 8.80. The van der Waals surface area contributed by atoms with Crippen LogP contribution in [0.4, 0.5) is 5.69 Å². The van der Waals surface area contributed by atoms with Crippen molar-refractivity contribution in [2.75, 3.05) is 18.5 Å². The Morgan fingerprint density at radius 2 is 1.96 bits per heavy atom. The van der Waals surface area contributed by atoms with Gasteiger partial charge in [0, 0.05) is 25.7 Å². The van der Waals surface area contributed by atoms with Gasteiger partial charge in [0.25, 0.3) is 5.56 Å². The lowest BCUT2D eigenvalue weighted by Gasteiger charge is -2.19. The summed E-state index contributed by atoms with van der Waals surface area (Å²) in [6, 6.07) is 13.8. The molecule has 0 unspecified atom stereocenters. The third-order valence-corrected chi connectivity index (χ3v) is 4.35. The van der Waals surface area contributed by atoms with Crippen LogP contribution in [0.25, 0.3) is 0 Å². The molecule has 0 atom stereocenters. The fraction of sp³-hybridized carbons (Fsp3) is 0.350. The number of anilines is 1. The summed E-state index contributed by atoms with van der Waals surface area (Å²) in [6.45, 7) is 5.19. The molecule has 0 aliphatic heterocycles. The highest BCUT2D eigenvalue weighted by atomic mass is 16.5. The number of aromatic nitrogens is 3. The molecule has 26 heavy (non-hydrogen) atoms. The van der Waals surface area contributed by atoms with Crippen molar-refractivity contribution < 1.29 is 4.52 Å². The molecule has 3 aromatic rings. The lowest BCUT2D eigenvalue weighted by molar-refractivity contribution is 0.361. The molecule has 0 saturated carbocycles. The highest BCUT2D eigenvalue weighted by Gasteiger charge is 2.10. The van der Waals surface area contributed by atoms with Crippen molar-refractivity contribution in [2.24, 2.45) is 0 Å². The normalized spacial score (nSPS) is 11.1. The molecular formula is C20H24N4O2. The standard InChI is InChI=1S/C20H24N4O2/c1-15(2)19-12-18(26-22-19)14-24-20(25)11-17(13-21-24)23(3)10-9-16-7-5-4-6-8-16/h4-8,11-13,15H,9-10,14H2,1-3H3. The zero-order valence-electron chi connectivity index (χ0n) is 15.4. The molecule has 0 radical (unpaired) electrons. The van der Waals surface area contributed by atoms with Crippen molar-refractivity contribution in [3.8, 4) is 0 Å². The van der Waals surface area contributed by atoms with Gasteiger partial charge in [-0.3, -0.25) is 4.79 Å². The molecule has 6 heteroatoms. The van der Waals surface area contributed by atoms with E-state index in [0.717, 1.165) is 24.3 Å². The van der Waals surface area contributed by atoms with Gasteiger partial charge < -0.3 is 9.42 Å². The average molecular weight is 352 g/mol. The number of rotatable bonds is 7. The molecule has 3 rings (SSSR count). The van der Waals surface area contributed by atoms with Crippen LogP contribution in [0, 0.1) is 0 Å². The molecule has 0 fully saturated rings. The molecular weight excluding hydrogens is 328 g/mol. The average Bonchev–Trinajstić information content (AvgIpc) is 3.11. The molecule has 0 aliphatic carbocycles. The fourth-order valence-corrected chi connectivity index (χ4v) is 2.65. The van der Waals surface area contributed by atoms with E-state index in [-0.39, 0.29) is 18.0 Å². The molecule has 0 saturated heterocycles. The Bertz CT molecular complexity index is 899. The summed E-state index contributed by atoms with van der Waals surface area (Å²) in [5.41, 5.74) is 2.80. The summed E-state index contributed by atoms with van der Waals surface area (Å²) < 4.78 is 6.68. The van der Waals surface area contributed by atoms with Crippen molar-refractivity contribution in [3.05, 3.63) is 76.0 Å². The maximum absolute atomic E-state index is 12.4. The second-order valence-electron chi connectivity index (χ2n) is 6.74. The topological polar surface area (TPSA) is 64.2 Å².